The van der Waals surface area contributed by atoms with E-state index in [0.717, 1.165) is 34.9 Å². The highest BCUT2D eigenvalue weighted by Crippen LogP contribution is 2.34. The Morgan fingerprint density at radius 2 is 1.71 bits per heavy atom. The number of aromatic hydroxyl groups is 1. The maximum Gasteiger partial charge on any atom is 0.348 e. The third-order valence-corrected chi connectivity index (χ3v) is 5.13. The summed E-state index contributed by atoms with van der Waals surface area (Å²) >= 11 is 0. The minimum absolute atomic E-state index is 0.239. The van der Waals surface area contributed by atoms with E-state index in [0.29, 0.717) is 24.1 Å². The largest absolute Gasteiger partial charge is 0.508 e. The van der Waals surface area contributed by atoms with Gasteiger partial charge in [0.1, 0.15) is 5.75 Å². The monoisotopic (exact) mass is 378 g/mol. The molecule has 148 valence electrons. The molecule has 0 saturated carbocycles. The van der Waals surface area contributed by atoms with Crippen molar-refractivity contribution >= 4 is 10.9 Å². The highest BCUT2D eigenvalue weighted by Gasteiger charge is 2.18. The van der Waals surface area contributed by atoms with Crippen LogP contribution in [0.2, 0.25) is 0 Å². The van der Waals surface area contributed by atoms with Crippen molar-refractivity contribution in [2.75, 3.05) is 0 Å². The highest BCUT2D eigenvalue weighted by molar-refractivity contribution is 5.96. The average Bonchev–Trinajstić information content (AvgIpc) is 2.65. The van der Waals surface area contributed by atoms with Crippen molar-refractivity contribution in [3.05, 3.63) is 58.0 Å². The van der Waals surface area contributed by atoms with Crippen LogP contribution < -0.4 is 5.69 Å². The van der Waals surface area contributed by atoms with E-state index in [2.05, 4.69) is 51.7 Å². The first-order valence-corrected chi connectivity index (χ1v) is 10.2. The molecule has 0 spiro atoms. The molecule has 1 N–H and O–H groups in total. The van der Waals surface area contributed by atoms with Crippen LogP contribution in [0.15, 0.2) is 41.2 Å². The topological polar surface area (TPSA) is 55.1 Å². The second-order valence-electron chi connectivity index (χ2n) is 8.23. The van der Waals surface area contributed by atoms with Gasteiger partial charge < -0.3 is 5.11 Å². The molecule has 3 rings (SSSR count). The van der Waals surface area contributed by atoms with Crippen LogP contribution >= 0.6 is 0 Å². The lowest BCUT2D eigenvalue weighted by molar-refractivity contribution is 0.468. The Morgan fingerprint density at radius 3 is 2.29 bits per heavy atom. The number of nitrogens with zero attached hydrogens (tertiary/aromatic N) is 2. The van der Waals surface area contributed by atoms with E-state index in [-0.39, 0.29) is 11.4 Å². The van der Waals surface area contributed by atoms with Gasteiger partial charge in [0.25, 0.3) is 0 Å². The zero-order valence-electron chi connectivity index (χ0n) is 17.5. The minimum atomic E-state index is -0.239. The molecule has 0 amide bonds. The van der Waals surface area contributed by atoms with Crippen molar-refractivity contribution in [3.63, 3.8) is 0 Å². The van der Waals surface area contributed by atoms with E-state index in [1.165, 1.54) is 5.56 Å². The summed E-state index contributed by atoms with van der Waals surface area (Å²) in [6, 6.07) is 11.8. The lowest BCUT2D eigenvalue weighted by Gasteiger charge is -2.18. The molecule has 3 aromatic rings. The molecule has 0 unspecified atom stereocenters. The molecular weight excluding hydrogens is 348 g/mol. The number of hydrogen-bond donors (Lipinski definition) is 1. The van der Waals surface area contributed by atoms with Gasteiger partial charge in [-0.3, -0.25) is 4.57 Å². The van der Waals surface area contributed by atoms with E-state index in [4.69, 9.17) is 0 Å². The summed E-state index contributed by atoms with van der Waals surface area (Å²) in [6.45, 7) is 11.2. The second-order valence-corrected chi connectivity index (χ2v) is 8.23. The van der Waals surface area contributed by atoms with Crippen molar-refractivity contribution in [2.45, 2.75) is 59.9 Å². The quantitative estimate of drug-likeness (QED) is 0.616. The zero-order valence-corrected chi connectivity index (χ0v) is 17.5. The molecule has 0 aliphatic rings. The van der Waals surface area contributed by atoms with Crippen molar-refractivity contribution in [1.82, 2.24) is 9.55 Å². The number of benzene rings is 2. The molecule has 0 saturated heterocycles. The molecule has 0 fully saturated rings. The summed E-state index contributed by atoms with van der Waals surface area (Å²) < 4.78 is 1.74. The fraction of sp³-hybridized carbons (Fsp3) is 0.417. The van der Waals surface area contributed by atoms with Crippen LogP contribution in [0, 0.1) is 5.92 Å². The summed E-state index contributed by atoms with van der Waals surface area (Å²) in [5.41, 5.74) is 4.29. The molecule has 0 aliphatic carbocycles. The lowest BCUT2D eigenvalue weighted by Crippen LogP contribution is -2.26. The van der Waals surface area contributed by atoms with E-state index >= 15 is 0 Å². The predicted molar refractivity (Wildman–Crippen MR) is 116 cm³/mol. The molecule has 2 aromatic carbocycles. The first kappa shape index (κ1) is 20.1. The standard InChI is InChI=1S/C24H30N2O2/c1-6-7-19-21(27)13-12-20-22(19)23(25-24(28)26(20)14-15(2)3)18-10-8-17(9-11-18)16(4)5/h8-13,15-16,27H,6-7,14H2,1-5H3. The van der Waals surface area contributed by atoms with Gasteiger partial charge in [-0.2, -0.15) is 4.98 Å². The summed E-state index contributed by atoms with van der Waals surface area (Å²) in [7, 11) is 0. The number of hydrogen-bond acceptors (Lipinski definition) is 3. The van der Waals surface area contributed by atoms with Gasteiger partial charge in [-0.15, -0.1) is 0 Å². The molecule has 1 aromatic heterocycles. The summed E-state index contributed by atoms with van der Waals surface area (Å²) in [5.74, 6) is 1.03. The SMILES string of the molecule is CCCc1c(O)ccc2c1c(-c1ccc(C(C)C)cc1)nc(=O)n2CC(C)C. The molecule has 4 heteroatoms. The van der Waals surface area contributed by atoms with E-state index in [1.54, 1.807) is 10.6 Å². The minimum Gasteiger partial charge on any atom is -0.508 e. The molecule has 1 heterocycles. The van der Waals surface area contributed by atoms with Crippen molar-refractivity contribution in [3.8, 4) is 17.0 Å². The molecular formula is C24H30N2O2. The van der Waals surface area contributed by atoms with Crippen LogP contribution in [-0.4, -0.2) is 14.7 Å². The Hall–Kier alpha value is -2.62. The van der Waals surface area contributed by atoms with Crippen molar-refractivity contribution < 1.29 is 5.11 Å². The van der Waals surface area contributed by atoms with Crippen molar-refractivity contribution in [2.24, 2.45) is 5.92 Å². The maximum atomic E-state index is 12.9. The Labute approximate surface area is 166 Å². The normalized spacial score (nSPS) is 11.7. The van der Waals surface area contributed by atoms with Crippen LogP contribution in [-0.2, 0) is 13.0 Å². The average molecular weight is 379 g/mol. The Balaban J connectivity index is 2.35. The molecule has 28 heavy (non-hydrogen) atoms. The molecule has 4 nitrogen and oxygen atoms in total. The third-order valence-electron chi connectivity index (χ3n) is 5.13. The van der Waals surface area contributed by atoms with E-state index < -0.39 is 0 Å². The fourth-order valence-corrected chi connectivity index (χ4v) is 3.71. The van der Waals surface area contributed by atoms with Gasteiger partial charge in [0.2, 0.25) is 0 Å². The zero-order chi connectivity index (χ0) is 20.4. The van der Waals surface area contributed by atoms with E-state index in [1.807, 2.05) is 18.2 Å². The van der Waals surface area contributed by atoms with Crippen LogP contribution in [0.4, 0.5) is 0 Å². The Bertz CT molecular complexity index is 1030. The van der Waals surface area contributed by atoms with Gasteiger partial charge in [-0.25, -0.2) is 4.79 Å². The summed E-state index contributed by atoms with van der Waals surface area (Å²) in [4.78, 5) is 17.4. The lowest BCUT2D eigenvalue weighted by atomic mass is 9.96. The molecule has 0 atom stereocenters. The maximum absolute atomic E-state index is 12.9. The predicted octanol–water partition coefficient (Wildman–Crippen LogP) is 5.50. The highest BCUT2D eigenvalue weighted by atomic mass is 16.3. The fourth-order valence-electron chi connectivity index (χ4n) is 3.71. The number of phenolic OH excluding ortho intramolecular Hbond substituents is 1. The van der Waals surface area contributed by atoms with Gasteiger partial charge >= 0.3 is 5.69 Å². The summed E-state index contributed by atoms with van der Waals surface area (Å²) in [6.07, 6.45) is 1.64. The number of rotatable bonds is 6. The van der Waals surface area contributed by atoms with Gasteiger partial charge in [-0.1, -0.05) is 65.3 Å². The number of aryl methyl sites for hydroxylation is 1. The van der Waals surface area contributed by atoms with Gasteiger partial charge in [0.05, 0.1) is 11.2 Å². The Kier molecular flexibility index (Phi) is 5.87. The second kappa shape index (κ2) is 8.17. The number of phenols is 1. The van der Waals surface area contributed by atoms with Crippen LogP contribution in [0.3, 0.4) is 0 Å². The third kappa shape index (κ3) is 3.82. The molecule has 0 radical (unpaired) electrons. The van der Waals surface area contributed by atoms with Gasteiger partial charge in [0.15, 0.2) is 0 Å². The van der Waals surface area contributed by atoms with Gasteiger partial charge in [0, 0.05) is 23.1 Å². The number of fused-ring (bicyclic) bond motifs is 1. The first-order chi connectivity index (χ1) is 13.3. The van der Waals surface area contributed by atoms with Crippen LogP contribution in [0.25, 0.3) is 22.2 Å². The molecule has 0 bridgehead atoms. The van der Waals surface area contributed by atoms with Gasteiger partial charge in [-0.05, 0) is 36.0 Å². The smallest absolute Gasteiger partial charge is 0.348 e. The van der Waals surface area contributed by atoms with Crippen LogP contribution in [0.1, 0.15) is 58.1 Å². The number of aromatic nitrogens is 2. The van der Waals surface area contributed by atoms with Crippen LogP contribution in [0.5, 0.6) is 5.75 Å². The Morgan fingerprint density at radius 1 is 1.04 bits per heavy atom. The van der Waals surface area contributed by atoms with E-state index in [9.17, 15) is 9.90 Å². The summed E-state index contributed by atoms with van der Waals surface area (Å²) in [5, 5.41) is 11.4. The first-order valence-electron chi connectivity index (χ1n) is 10.2. The molecule has 0 aliphatic heterocycles. The van der Waals surface area contributed by atoms with Crippen molar-refractivity contribution in [1.29, 1.82) is 0 Å².